The van der Waals surface area contributed by atoms with Crippen LogP contribution in [-0.4, -0.2) is 18.0 Å². The largest absolute Gasteiger partial charge is 0.504 e. The Morgan fingerprint density at radius 1 is 1.54 bits per heavy atom. The van der Waals surface area contributed by atoms with Crippen molar-refractivity contribution in [1.29, 1.82) is 0 Å². The Bertz CT molecular complexity index is 347. The number of Topliss-reactive ketones (excluding diaryl/α,β-unsaturated/α-hetero) is 1. The third-order valence-electron chi connectivity index (χ3n) is 1.66. The summed E-state index contributed by atoms with van der Waals surface area (Å²) < 4.78 is 5.44. The summed E-state index contributed by atoms with van der Waals surface area (Å²) in [6, 6.07) is 3.25. The monoisotopic (exact) mass is 244 g/mol. The van der Waals surface area contributed by atoms with Crippen LogP contribution in [0.25, 0.3) is 0 Å². The average Bonchev–Trinajstić information content (AvgIpc) is 2.04. The first-order valence-corrected chi connectivity index (χ1v) is 4.43. The van der Waals surface area contributed by atoms with Crippen LogP contribution in [0.1, 0.15) is 17.3 Å². The third kappa shape index (κ3) is 1.83. The molecule has 0 fully saturated rings. The topological polar surface area (TPSA) is 46.5 Å². The number of carbonyl (C=O) groups is 1. The summed E-state index contributed by atoms with van der Waals surface area (Å²) >= 11 is 3.17. The molecule has 0 saturated carbocycles. The SMILES string of the molecule is COc1ccc(Br)c(C(C)=O)c1O. The fraction of sp³-hybridized carbons (Fsp3) is 0.222. The molecular weight excluding hydrogens is 236 g/mol. The van der Waals surface area contributed by atoms with E-state index in [0.29, 0.717) is 10.2 Å². The second kappa shape index (κ2) is 3.79. The van der Waals surface area contributed by atoms with Crippen LogP contribution in [0.15, 0.2) is 16.6 Å². The Balaban J connectivity index is 3.38. The number of benzene rings is 1. The van der Waals surface area contributed by atoms with Gasteiger partial charge in [0.1, 0.15) is 0 Å². The molecule has 0 atom stereocenters. The minimum atomic E-state index is -0.205. The maximum absolute atomic E-state index is 11.1. The lowest BCUT2D eigenvalue weighted by atomic mass is 10.1. The van der Waals surface area contributed by atoms with Crippen molar-refractivity contribution < 1.29 is 14.6 Å². The molecule has 70 valence electrons. The standard InChI is InChI=1S/C9H9BrO3/c1-5(11)8-6(10)3-4-7(13-2)9(8)12/h3-4,12H,1-2H3. The van der Waals surface area contributed by atoms with Gasteiger partial charge in [0.25, 0.3) is 0 Å². The number of ether oxygens (including phenoxy) is 1. The van der Waals surface area contributed by atoms with Gasteiger partial charge < -0.3 is 9.84 Å². The molecule has 0 unspecified atom stereocenters. The van der Waals surface area contributed by atoms with Gasteiger partial charge in [-0.05, 0) is 35.0 Å². The first-order valence-electron chi connectivity index (χ1n) is 3.64. The highest BCUT2D eigenvalue weighted by atomic mass is 79.9. The molecule has 0 aliphatic rings. The highest BCUT2D eigenvalue weighted by Gasteiger charge is 2.14. The van der Waals surface area contributed by atoms with Crippen molar-refractivity contribution in [3.63, 3.8) is 0 Å². The lowest BCUT2D eigenvalue weighted by molar-refractivity contribution is 0.101. The van der Waals surface area contributed by atoms with Gasteiger partial charge in [-0.3, -0.25) is 4.79 Å². The number of hydrogen-bond acceptors (Lipinski definition) is 3. The number of rotatable bonds is 2. The molecule has 1 aromatic carbocycles. The van der Waals surface area contributed by atoms with E-state index in [4.69, 9.17) is 4.74 Å². The number of halogens is 1. The predicted octanol–water partition coefficient (Wildman–Crippen LogP) is 2.37. The Morgan fingerprint density at radius 2 is 2.15 bits per heavy atom. The Morgan fingerprint density at radius 3 is 2.62 bits per heavy atom. The van der Waals surface area contributed by atoms with Gasteiger partial charge in [-0.1, -0.05) is 0 Å². The van der Waals surface area contributed by atoms with E-state index in [2.05, 4.69) is 15.9 Å². The van der Waals surface area contributed by atoms with Crippen LogP contribution in [0, 0.1) is 0 Å². The number of ketones is 1. The van der Waals surface area contributed by atoms with Crippen molar-refractivity contribution in [3.8, 4) is 11.5 Å². The van der Waals surface area contributed by atoms with Gasteiger partial charge >= 0.3 is 0 Å². The van der Waals surface area contributed by atoms with Crippen molar-refractivity contribution in [2.24, 2.45) is 0 Å². The van der Waals surface area contributed by atoms with Gasteiger partial charge in [-0.2, -0.15) is 0 Å². The molecule has 0 saturated heterocycles. The molecule has 0 heterocycles. The van der Waals surface area contributed by atoms with E-state index in [1.54, 1.807) is 12.1 Å². The molecule has 13 heavy (non-hydrogen) atoms. The Labute approximate surface area is 84.5 Å². The lowest BCUT2D eigenvalue weighted by Crippen LogP contribution is -1.96. The third-order valence-corrected chi connectivity index (χ3v) is 2.32. The van der Waals surface area contributed by atoms with E-state index < -0.39 is 0 Å². The summed E-state index contributed by atoms with van der Waals surface area (Å²) in [7, 11) is 1.44. The number of phenols is 1. The fourth-order valence-electron chi connectivity index (χ4n) is 1.05. The zero-order chi connectivity index (χ0) is 10.0. The van der Waals surface area contributed by atoms with Gasteiger partial charge in [0, 0.05) is 4.47 Å². The summed E-state index contributed by atoms with van der Waals surface area (Å²) in [5.41, 5.74) is 0.249. The van der Waals surface area contributed by atoms with Crippen molar-refractivity contribution in [1.82, 2.24) is 0 Å². The van der Waals surface area contributed by atoms with E-state index in [-0.39, 0.29) is 17.1 Å². The van der Waals surface area contributed by atoms with E-state index >= 15 is 0 Å². The second-order valence-electron chi connectivity index (χ2n) is 2.53. The average molecular weight is 245 g/mol. The van der Waals surface area contributed by atoms with Gasteiger partial charge in [-0.25, -0.2) is 0 Å². The lowest BCUT2D eigenvalue weighted by Gasteiger charge is -2.07. The minimum Gasteiger partial charge on any atom is -0.504 e. The second-order valence-corrected chi connectivity index (χ2v) is 3.38. The maximum atomic E-state index is 11.1. The molecule has 0 radical (unpaired) electrons. The highest BCUT2D eigenvalue weighted by Crippen LogP contribution is 2.34. The number of methoxy groups -OCH3 is 1. The highest BCUT2D eigenvalue weighted by molar-refractivity contribution is 9.10. The molecule has 0 amide bonds. The van der Waals surface area contributed by atoms with Crippen LogP contribution in [0.5, 0.6) is 11.5 Å². The smallest absolute Gasteiger partial charge is 0.169 e. The molecule has 1 N–H and O–H groups in total. The molecule has 0 bridgehead atoms. The number of hydrogen-bond donors (Lipinski definition) is 1. The first kappa shape index (κ1) is 10.1. The molecule has 0 aliphatic carbocycles. The molecule has 4 heteroatoms. The quantitative estimate of drug-likeness (QED) is 0.813. The fourth-order valence-corrected chi connectivity index (χ4v) is 1.65. The van der Waals surface area contributed by atoms with Crippen molar-refractivity contribution in [2.75, 3.05) is 7.11 Å². The molecule has 1 rings (SSSR count). The zero-order valence-electron chi connectivity index (χ0n) is 7.30. The summed E-state index contributed by atoms with van der Waals surface area (Å²) in [6.07, 6.45) is 0. The summed E-state index contributed by atoms with van der Waals surface area (Å²) in [5, 5.41) is 9.56. The van der Waals surface area contributed by atoms with Crippen LogP contribution in [0.2, 0.25) is 0 Å². The van der Waals surface area contributed by atoms with Crippen LogP contribution < -0.4 is 4.74 Å². The van der Waals surface area contributed by atoms with Crippen LogP contribution in [0.3, 0.4) is 0 Å². The Kier molecular flexibility index (Phi) is 2.93. The molecule has 1 aromatic rings. The molecular formula is C9H9BrO3. The predicted molar refractivity (Wildman–Crippen MR) is 52.4 cm³/mol. The van der Waals surface area contributed by atoms with E-state index in [9.17, 15) is 9.90 Å². The molecule has 0 spiro atoms. The van der Waals surface area contributed by atoms with Gasteiger partial charge in [0.2, 0.25) is 0 Å². The number of aromatic hydroxyl groups is 1. The van der Waals surface area contributed by atoms with Gasteiger partial charge in [0.15, 0.2) is 17.3 Å². The number of phenolic OH excluding ortho intramolecular Hbond substituents is 1. The van der Waals surface area contributed by atoms with E-state index in [1.165, 1.54) is 14.0 Å². The van der Waals surface area contributed by atoms with Gasteiger partial charge in [-0.15, -0.1) is 0 Å². The van der Waals surface area contributed by atoms with Crippen molar-refractivity contribution in [2.45, 2.75) is 6.92 Å². The maximum Gasteiger partial charge on any atom is 0.169 e. The van der Waals surface area contributed by atoms with Crippen LogP contribution in [0.4, 0.5) is 0 Å². The first-order chi connectivity index (χ1) is 6.07. The summed E-state index contributed by atoms with van der Waals surface area (Å²) in [6.45, 7) is 1.39. The summed E-state index contributed by atoms with van der Waals surface area (Å²) in [4.78, 5) is 11.1. The Hall–Kier alpha value is -1.03. The van der Waals surface area contributed by atoms with Crippen molar-refractivity contribution >= 4 is 21.7 Å². The molecule has 0 aromatic heterocycles. The summed E-state index contributed by atoms with van der Waals surface area (Å²) in [5.74, 6) is -0.0268. The number of carbonyl (C=O) groups excluding carboxylic acids is 1. The molecule has 3 nitrogen and oxygen atoms in total. The van der Waals surface area contributed by atoms with E-state index in [1.807, 2.05) is 0 Å². The van der Waals surface area contributed by atoms with E-state index in [0.717, 1.165) is 0 Å². The minimum absolute atomic E-state index is 0.121. The molecule has 0 aliphatic heterocycles. The van der Waals surface area contributed by atoms with Crippen molar-refractivity contribution in [3.05, 3.63) is 22.2 Å². The van der Waals surface area contributed by atoms with Crippen LogP contribution >= 0.6 is 15.9 Å². The van der Waals surface area contributed by atoms with Crippen LogP contribution in [-0.2, 0) is 0 Å². The zero-order valence-corrected chi connectivity index (χ0v) is 8.88. The normalized spacial score (nSPS) is 9.77. The van der Waals surface area contributed by atoms with Gasteiger partial charge in [0.05, 0.1) is 12.7 Å².